The summed E-state index contributed by atoms with van der Waals surface area (Å²) in [5.41, 5.74) is 0. The van der Waals surface area contributed by atoms with Crippen LogP contribution in [-0.2, 0) is 14.8 Å². The molecule has 1 saturated heterocycles. The molecule has 5 nitrogen and oxygen atoms in total. The Labute approximate surface area is 120 Å². The van der Waals surface area contributed by atoms with Crippen molar-refractivity contribution in [2.75, 3.05) is 18.4 Å². The molecule has 2 atom stereocenters. The summed E-state index contributed by atoms with van der Waals surface area (Å²) in [6.07, 6.45) is 0.782. The van der Waals surface area contributed by atoms with E-state index < -0.39 is 20.9 Å². The summed E-state index contributed by atoms with van der Waals surface area (Å²) in [7, 11) is -3.92. The minimum absolute atomic E-state index is 0.188. The topological polar surface area (TPSA) is 59.5 Å². The summed E-state index contributed by atoms with van der Waals surface area (Å²) < 4.78 is 45.1. The highest BCUT2D eigenvalue weighted by atomic mass is 79.9. The molecule has 1 aliphatic rings. The molecule has 0 saturated carbocycles. The lowest BCUT2D eigenvalue weighted by Gasteiger charge is -2.35. The summed E-state index contributed by atoms with van der Waals surface area (Å²) in [5, 5.41) is -0.00828. The lowest BCUT2D eigenvalue weighted by molar-refractivity contribution is -0.0412. The van der Waals surface area contributed by atoms with Crippen LogP contribution in [0.3, 0.4) is 0 Å². The van der Waals surface area contributed by atoms with Crippen molar-refractivity contribution in [3.8, 4) is 0 Å². The minimum Gasteiger partial charge on any atom is -0.372 e. The van der Waals surface area contributed by atoms with E-state index in [0.29, 0.717) is 5.33 Å². The molecule has 1 aromatic rings. The van der Waals surface area contributed by atoms with Crippen molar-refractivity contribution in [3.05, 3.63) is 24.1 Å². The number of halogens is 2. The Morgan fingerprint density at radius 1 is 1.58 bits per heavy atom. The molecule has 0 bridgehead atoms. The maximum absolute atomic E-state index is 13.6. The molecule has 1 aliphatic heterocycles. The van der Waals surface area contributed by atoms with Crippen LogP contribution in [0.4, 0.5) is 4.39 Å². The first kappa shape index (κ1) is 14.8. The van der Waals surface area contributed by atoms with Gasteiger partial charge in [-0.2, -0.15) is 4.31 Å². The van der Waals surface area contributed by atoms with E-state index in [1.807, 2.05) is 0 Å². The predicted octanol–water partition coefficient (Wildman–Crippen LogP) is 1.39. The Morgan fingerprint density at radius 3 is 2.95 bits per heavy atom. The van der Waals surface area contributed by atoms with Crippen LogP contribution < -0.4 is 0 Å². The summed E-state index contributed by atoms with van der Waals surface area (Å²) >= 11 is 3.27. The predicted molar refractivity (Wildman–Crippen MR) is 71.1 cm³/mol. The normalized spacial score (nSPS) is 25.4. The van der Waals surface area contributed by atoms with Crippen LogP contribution in [0.5, 0.6) is 0 Å². The standard InChI is InChI=1S/C11H14BrFN2O3S/c1-8-6-15(7-9(5-12)18-8)19(16,17)11-10(13)3-2-4-14-11/h2-4,8-9H,5-7H2,1H3. The van der Waals surface area contributed by atoms with Gasteiger partial charge >= 0.3 is 0 Å². The number of hydrogen-bond donors (Lipinski definition) is 0. The smallest absolute Gasteiger partial charge is 0.263 e. The Hall–Kier alpha value is -0.570. The maximum atomic E-state index is 13.6. The Morgan fingerprint density at radius 2 is 2.32 bits per heavy atom. The molecular formula is C11H14BrFN2O3S. The number of alkyl halides is 1. The van der Waals surface area contributed by atoms with Gasteiger partial charge in [-0.3, -0.25) is 0 Å². The number of rotatable bonds is 3. The minimum atomic E-state index is -3.92. The molecule has 0 aromatic carbocycles. The molecule has 0 amide bonds. The summed E-state index contributed by atoms with van der Waals surface area (Å²) in [6.45, 7) is 2.17. The number of morpholine rings is 1. The van der Waals surface area contributed by atoms with E-state index in [4.69, 9.17) is 4.74 Å². The monoisotopic (exact) mass is 352 g/mol. The van der Waals surface area contributed by atoms with Crippen LogP contribution >= 0.6 is 15.9 Å². The molecular weight excluding hydrogens is 339 g/mol. The van der Waals surface area contributed by atoms with E-state index in [1.165, 1.54) is 16.6 Å². The highest BCUT2D eigenvalue weighted by Crippen LogP contribution is 2.22. The number of pyridine rings is 1. The zero-order chi connectivity index (χ0) is 14.0. The summed E-state index contributed by atoms with van der Waals surface area (Å²) in [6, 6.07) is 2.45. The Bertz CT molecular complexity index is 555. The molecule has 2 heterocycles. The fourth-order valence-corrected chi connectivity index (χ4v) is 3.85. The first-order chi connectivity index (χ1) is 8.95. The average molecular weight is 353 g/mol. The van der Waals surface area contributed by atoms with Gasteiger partial charge in [0, 0.05) is 24.6 Å². The van der Waals surface area contributed by atoms with Crippen LogP contribution in [0.2, 0.25) is 0 Å². The summed E-state index contributed by atoms with van der Waals surface area (Å²) in [5.74, 6) is -0.836. The van der Waals surface area contributed by atoms with E-state index >= 15 is 0 Å². The number of aromatic nitrogens is 1. The molecule has 0 radical (unpaired) electrons. The van der Waals surface area contributed by atoms with Gasteiger partial charge in [0.25, 0.3) is 10.0 Å². The van der Waals surface area contributed by atoms with Gasteiger partial charge < -0.3 is 4.74 Å². The summed E-state index contributed by atoms with van der Waals surface area (Å²) in [4.78, 5) is 3.64. The zero-order valence-corrected chi connectivity index (χ0v) is 12.7. The van der Waals surface area contributed by atoms with Gasteiger partial charge in [0.15, 0.2) is 5.82 Å². The van der Waals surface area contributed by atoms with E-state index in [2.05, 4.69) is 20.9 Å². The molecule has 0 N–H and O–H groups in total. The van der Waals surface area contributed by atoms with E-state index in [-0.39, 0.29) is 25.3 Å². The zero-order valence-electron chi connectivity index (χ0n) is 10.3. The van der Waals surface area contributed by atoms with Crippen molar-refractivity contribution in [1.29, 1.82) is 0 Å². The van der Waals surface area contributed by atoms with Crippen LogP contribution in [0, 0.1) is 5.82 Å². The fourth-order valence-electron chi connectivity index (χ4n) is 1.97. The largest absolute Gasteiger partial charge is 0.372 e. The van der Waals surface area contributed by atoms with Crippen LogP contribution in [0.25, 0.3) is 0 Å². The second-order valence-corrected chi connectivity index (χ2v) is 6.84. The molecule has 106 valence electrons. The van der Waals surface area contributed by atoms with Crippen LogP contribution in [0.1, 0.15) is 6.92 Å². The van der Waals surface area contributed by atoms with E-state index in [0.717, 1.165) is 6.07 Å². The van der Waals surface area contributed by atoms with E-state index in [1.54, 1.807) is 6.92 Å². The Balaban J connectivity index is 2.32. The quantitative estimate of drug-likeness (QED) is 0.771. The van der Waals surface area contributed by atoms with Crippen molar-refractivity contribution >= 4 is 26.0 Å². The lowest BCUT2D eigenvalue weighted by atomic mass is 10.3. The van der Waals surface area contributed by atoms with Crippen LogP contribution in [0.15, 0.2) is 23.4 Å². The highest BCUT2D eigenvalue weighted by Gasteiger charge is 2.35. The molecule has 0 spiro atoms. The van der Waals surface area contributed by atoms with Crippen molar-refractivity contribution in [2.24, 2.45) is 0 Å². The number of nitrogens with zero attached hydrogens (tertiary/aromatic N) is 2. The third-order valence-corrected chi connectivity index (χ3v) is 5.26. The molecule has 2 unspecified atom stereocenters. The first-order valence-electron chi connectivity index (χ1n) is 5.77. The second-order valence-electron chi connectivity index (χ2n) is 4.34. The molecule has 19 heavy (non-hydrogen) atoms. The molecule has 8 heteroatoms. The van der Waals surface area contributed by atoms with Gasteiger partial charge in [0.1, 0.15) is 0 Å². The first-order valence-corrected chi connectivity index (χ1v) is 8.33. The van der Waals surface area contributed by atoms with Crippen LogP contribution in [-0.4, -0.2) is 48.3 Å². The third kappa shape index (κ3) is 3.13. The van der Waals surface area contributed by atoms with Crippen molar-refractivity contribution in [3.63, 3.8) is 0 Å². The molecule has 0 aliphatic carbocycles. The SMILES string of the molecule is CC1CN(S(=O)(=O)c2ncccc2F)CC(CBr)O1. The molecule has 2 rings (SSSR count). The second kappa shape index (κ2) is 5.82. The lowest BCUT2D eigenvalue weighted by Crippen LogP contribution is -2.49. The van der Waals surface area contributed by atoms with Gasteiger partial charge in [0.05, 0.1) is 12.2 Å². The van der Waals surface area contributed by atoms with Crippen molar-refractivity contribution < 1.29 is 17.5 Å². The number of hydrogen-bond acceptors (Lipinski definition) is 4. The van der Waals surface area contributed by atoms with Gasteiger partial charge in [-0.05, 0) is 19.1 Å². The fraction of sp³-hybridized carbons (Fsp3) is 0.545. The van der Waals surface area contributed by atoms with Gasteiger partial charge in [-0.25, -0.2) is 17.8 Å². The number of sulfonamides is 1. The number of ether oxygens (including phenoxy) is 1. The van der Waals surface area contributed by atoms with Crippen molar-refractivity contribution in [1.82, 2.24) is 9.29 Å². The van der Waals surface area contributed by atoms with E-state index in [9.17, 15) is 12.8 Å². The van der Waals surface area contributed by atoms with Gasteiger partial charge in [-0.1, -0.05) is 15.9 Å². The van der Waals surface area contributed by atoms with Gasteiger partial charge in [-0.15, -0.1) is 0 Å². The Kier molecular flexibility index (Phi) is 4.54. The molecule has 1 aromatic heterocycles. The average Bonchev–Trinajstić information content (AvgIpc) is 2.38. The maximum Gasteiger partial charge on any atom is 0.263 e. The highest BCUT2D eigenvalue weighted by molar-refractivity contribution is 9.09. The third-order valence-electron chi connectivity index (χ3n) is 2.77. The van der Waals surface area contributed by atoms with Gasteiger partial charge in [0.2, 0.25) is 5.03 Å². The molecule has 1 fully saturated rings. The van der Waals surface area contributed by atoms with Crippen molar-refractivity contribution in [2.45, 2.75) is 24.2 Å².